The molecule has 1 heterocycles. The van der Waals surface area contributed by atoms with Crippen LogP contribution in [0.5, 0.6) is 0 Å². The van der Waals surface area contributed by atoms with Crippen LogP contribution in [-0.4, -0.2) is 15.6 Å². The minimum absolute atomic E-state index is 0.142. The zero-order valence-corrected chi connectivity index (χ0v) is 8.09. The molecule has 10 heavy (non-hydrogen) atoms. The molecule has 2 nitrogen and oxygen atoms in total. The van der Waals surface area contributed by atoms with Crippen LogP contribution < -0.4 is 0 Å². The molecule has 1 aliphatic heterocycles. The average Bonchev–Trinajstić information content (AvgIpc) is 1.95. The van der Waals surface area contributed by atoms with E-state index in [4.69, 9.17) is 0 Å². The SMILES string of the molecule is CCC1=CC(=O)N(I)CC1. The predicted octanol–water partition coefficient (Wildman–Crippen LogP) is 1.91. The highest BCUT2D eigenvalue weighted by atomic mass is 127. The number of rotatable bonds is 1. The Labute approximate surface area is 74.8 Å². The molecule has 0 fully saturated rings. The van der Waals surface area contributed by atoms with Gasteiger partial charge in [0.25, 0.3) is 5.91 Å². The third-order valence-corrected chi connectivity index (χ3v) is 2.61. The summed E-state index contributed by atoms with van der Waals surface area (Å²) in [4.78, 5) is 11.0. The lowest BCUT2D eigenvalue weighted by atomic mass is 10.1. The topological polar surface area (TPSA) is 20.3 Å². The van der Waals surface area contributed by atoms with Gasteiger partial charge < -0.3 is 0 Å². The van der Waals surface area contributed by atoms with Crippen molar-refractivity contribution in [3.05, 3.63) is 11.6 Å². The first-order valence-corrected chi connectivity index (χ1v) is 4.37. The smallest absolute Gasteiger partial charge is 0.255 e. The van der Waals surface area contributed by atoms with E-state index < -0.39 is 0 Å². The van der Waals surface area contributed by atoms with E-state index in [0.29, 0.717) is 0 Å². The lowest BCUT2D eigenvalue weighted by molar-refractivity contribution is -0.120. The van der Waals surface area contributed by atoms with Crippen molar-refractivity contribution in [2.75, 3.05) is 6.54 Å². The number of carbonyl (C=O) groups excluding carboxylic acids is 1. The van der Waals surface area contributed by atoms with E-state index in [1.54, 1.807) is 9.19 Å². The molecule has 0 radical (unpaired) electrons. The summed E-state index contributed by atoms with van der Waals surface area (Å²) in [5.41, 5.74) is 1.28. The first-order valence-electron chi connectivity index (χ1n) is 3.40. The van der Waals surface area contributed by atoms with Crippen LogP contribution in [0.1, 0.15) is 19.8 Å². The van der Waals surface area contributed by atoms with Gasteiger partial charge in [-0.1, -0.05) is 12.5 Å². The van der Waals surface area contributed by atoms with Gasteiger partial charge in [-0.2, -0.15) is 0 Å². The monoisotopic (exact) mass is 251 g/mol. The van der Waals surface area contributed by atoms with Crippen LogP contribution in [0.3, 0.4) is 0 Å². The van der Waals surface area contributed by atoms with Gasteiger partial charge in [-0.05, 0) is 12.8 Å². The Hall–Kier alpha value is -0.0600. The highest BCUT2D eigenvalue weighted by Gasteiger charge is 2.13. The third kappa shape index (κ3) is 1.71. The van der Waals surface area contributed by atoms with E-state index >= 15 is 0 Å². The minimum Gasteiger partial charge on any atom is -0.281 e. The molecule has 0 unspecified atom stereocenters. The summed E-state index contributed by atoms with van der Waals surface area (Å²) in [6, 6.07) is 0. The largest absolute Gasteiger partial charge is 0.281 e. The maximum atomic E-state index is 11.0. The molecular weight excluding hydrogens is 241 g/mol. The molecule has 1 amide bonds. The number of nitrogens with zero attached hydrogens (tertiary/aromatic N) is 1. The van der Waals surface area contributed by atoms with Gasteiger partial charge in [0.05, 0.1) is 22.9 Å². The second-order valence-electron chi connectivity index (χ2n) is 2.33. The predicted molar refractivity (Wildman–Crippen MR) is 48.7 cm³/mol. The fourth-order valence-corrected chi connectivity index (χ4v) is 1.33. The number of hydrogen-bond donors (Lipinski definition) is 0. The molecular formula is C7H10INO. The van der Waals surface area contributed by atoms with Crippen molar-refractivity contribution in [2.24, 2.45) is 0 Å². The van der Waals surface area contributed by atoms with Gasteiger partial charge in [-0.3, -0.25) is 7.91 Å². The molecule has 0 N–H and O–H groups in total. The molecule has 0 aromatic heterocycles. The Balaban J connectivity index is 2.66. The van der Waals surface area contributed by atoms with E-state index in [2.05, 4.69) is 6.92 Å². The third-order valence-electron chi connectivity index (χ3n) is 1.65. The fourth-order valence-electron chi connectivity index (χ4n) is 0.948. The van der Waals surface area contributed by atoms with Gasteiger partial charge in [-0.25, -0.2) is 0 Å². The normalized spacial score (nSPS) is 19.2. The molecule has 0 spiro atoms. The molecule has 56 valence electrons. The van der Waals surface area contributed by atoms with E-state index in [9.17, 15) is 4.79 Å². The van der Waals surface area contributed by atoms with Gasteiger partial charge in [0, 0.05) is 12.6 Å². The number of hydrogen-bond acceptors (Lipinski definition) is 1. The minimum atomic E-state index is 0.142. The summed E-state index contributed by atoms with van der Waals surface area (Å²) in [6.07, 6.45) is 3.80. The van der Waals surface area contributed by atoms with Gasteiger partial charge in [-0.15, -0.1) is 0 Å². The van der Waals surface area contributed by atoms with Gasteiger partial charge in [0.15, 0.2) is 0 Å². The number of carbonyl (C=O) groups is 1. The summed E-state index contributed by atoms with van der Waals surface area (Å²) in [5, 5.41) is 0. The van der Waals surface area contributed by atoms with Crippen LogP contribution in [0.4, 0.5) is 0 Å². The highest BCUT2D eigenvalue weighted by molar-refractivity contribution is 14.1. The standard InChI is InChI=1S/C7H10INO/c1-2-6-3-4-9(8)7(10)5-6/h5H,2-4H2,1H3. The molecule has 0 saturated heterocycles. The maximum Gasteiger partial charge on any atom is 0.255 e. The summed E-state index contributed by atoms with van der Waals surface area (Å²) < 4.78 is 1.72. The first-order chi connectivity index (χ1) is 4.74. The van der Waals surface area contributed by atoms with Gasteiger partial charge in [0.2, 0.25) is 0 Å². The highest BCUT2D eigenvalue weighted by Crippen LogP contribution is 2.16. The van der Waals surface area contributed by atoms with Crippen LogP contribution in [0.15, 0.2) is 11.6 Å². The second-order valence-corrected chi connectivity index (χ2v) is 3.49. The van der Waals surface area contributed by atoms with Crippen molar-refractivity contribution >= 4 is 28.8 Å². The molecule has 3 heteroatoms. The van der Waals surface area contributed by atoms with E-state index in [1.807, 2.05) is 22.9 Å². The molecule has 0 saturated carbocycles. The van der Waals surface area contributed by atoms with Crippen LogP contribution in [0, 0.1) is 0 Å². The average molecular weight is 251 g/mol. The fraction of sp³-hybridized carbons (Fsp3) is 0.571. The van der Waals surface area contributed by atoms with Crippen molar-refractivity contribution in [2.45, 2.75) is 19.8 Å². The maximum absolute atomic E-state index is 11.0. The van der Waals surface area contributed by atoms with Crippen molar-refractivity contribution in [1.82, 2.24) is 3.11 Å². The molecule has 1 aliphatic rings. The molecule has 0 aromatic rings. The first kappa shape index (κ1) is 8.04. The zero-order valence-electron chi connectivity index (χ0n) is 5.93. The van der Waals surface area contributed by atoms with E-state index in [0.717, 1.165) is 19.4 Å². The molecule has 0 aromatic carbocycles. The zero-order chi connectivity index (χ0) is 7.56. The van der Waals surface area contributed by atoms with Crippen molar-refractivity contribution in [3.8, 4) is 0 Å². The number of amides is 1. The van der Waals surface area contributed by atoms with Crippen LogP contribution in [-0.2, 0) is 4.79 Å². The summed E-state index contributed by atoms with van der Waals surface area (Å²) in [6.45, 7) is 2.96. The van der Waals surface area contributed by atoms with Crippen molar-refractivity contribution in [1.29, 1.82) is 0 Å². The lowest BCUT2D eigenvalue weighted by Crippen LogP contribution is -2.24. The second kappa shape index (κ2) is 3.37. The lowest BCUT2D eigenvalue weighted by Gasteiger charge is -2.18. The van der Waals surface area contributed by atoms with Crippen molar-refractivity contribution in [3.63, 3.8) is 0 Å². The van der Waals surface area contributed by atoms with E-state index in [1.165, 1.54) is 5.57 Å². The van der Waals surface area contributed by atoms with Crippen LogP contribution >= 0.6 is 22.9 Å². The quantitative estimate of drug-likeness (QED) is 0.515. The molecule has 1 rings (SSSR count). The summed E-state index contributed by atoms with van der Waals surface area (Å²) >= 11 is 2.05. The Morgan fingerprint density at radius 1 is 1.80 bits per heavy atom. The van der Waals surface area contributed by atoms with Crippen LogP contribution in [0.2, 0.25) is 0 Å². The molecule has 0 atom stereocenters. The molecule has 0 aliphatic carbocycles. The Morgan fingerprint density at radius 2 is 2.50 bits per heavy atom. The Kier molecular flexibility index (Phi) is 2.71. The van der Waals surface area contributed by atoms with Gasteiger partial charge in [0.1, 0.15) is 0 Å². The Morgan fingerprint density at radius 3 is 3.00 bits per heavy atom. The number of halogens is 1. The summed E-state index contributed by atoms with van der Waals surface area (Å²) in [7, 11) is 0. The van der Waals surface area contributed by atoms with E-state index in [-0.39, 0.29) is 5.91 Å². The van der Waals surface area contributed by atoms with Crippen molar-refractivity contribution < 1.29 is 4.79 Å². The summed E-state index contributed by atoms with van der Waals surface area (Å²) in [5.74, 6) is 0.142. The Bertz CT molecular complexity index is 176. The van der Waals surface area contributed by atoms with Gasteiger partial charge >= 0.3 is 0 Å². The van der Waals surface area contributed by atoms with Crippen LogP contribution in [0.25, 0.3) is 0 Å². The molecule has 0 bridgehead atoms.